The second kappa shape index (κ2) is 4.97. The van der Waals surface area contributed by atoms with E-state index in [1.54, 1.807) is 12.1 Å². The summed E-state index contributed by atoms with van der Waals surface area (Å²) in [5, 5.41) is 4.62. The van der Waals surface area contributed by atoms with E-state index < -0.39 is 0 Å². The van der Waals surface area contributed by atoms with Gasteiger partial charge in [-0.1, -0.05) is 39.6 Å². The SMILES string of the molecule is CCC(Br)c1nc(-c2ccc(Cl)cc2)no1. The second-order valence-electron chi connectivity index (χ2n) is 3.34. The summed E-state index contributed by atoms with van der Waals surface area (Å²) in [7, 11) is 0. The number of hydrogen-bond donors (Lipinski definition) is 0. The van der Waals surface area contributed by atoms with Crippen molar-refractivity contribution in [3.8, 4) is 11.4 Å². The lowest BCUT2D eigenvalue weighted by Gasteiger charge is -1.96. The molecular weight excluding hydrogens is 291 g/mol. The molecule has 0 N–H and O–H groups in total. The van der Waals surface area contributed by atoms with E-state index in [-0.39, 0.29) is 4.83 Å². The Bertz CT molecular complexity index is 469. The molecule has 0 aliphatic carbocycles. The molecule has 1 atom stereocenters. The third-order valence-electron chi connectivity index (χ3n) is 2.17. The number of hydrogen-bond acceptors (Lipinski definition) is 3. The maximum atomic E-state index is 5.81. The highest BCUT2D eigenvalue weighted by molar-refractivity contribution is 9.09. The highest BCUT2D eigenvalue weighted by Gasteiger charge is 2.14. The van der Waals surface area contributed by atoms with Crippen LogP contribution in [-0.4, -0.2) is 10.1 Å². The predicted octanol–water partition coefficient (Wildman–Crippen LogP) is 4.24. The van der Waals surface area contributed by atoms with Crippen LogP contribution < -0.4 is 0 Å². The molecule has 1 aromatic carbocycles. The Balaban J connectivity index is 2.28. The van der Waals surface area contributed by atoms with Gasteiger partial charge in [0.25, 0.3) is 0 Å². The Labute approximate surface area is 107 Å². The van der Waals surface area contributed by atoms with Gasteiger partial charge >= 0.3 is 0 Å². The fourth-order valence-corrected chi connectivity index (χ4v) is 1.57. The van der Waals surface area contributed by atoms with Gasteiger partial charge in [0.05, 0.1) is 4.83 Å². The quantitative estimate of drug-likeness (QED) is 0.796. The summed E-state index contributed by atoms with van der Waals surface area (Å²) in [5.41, 5.74) is 0.898. The number of rotatable bonds is 3. The van der Waals surface area contributed by atoms with Crippen LogP contribution in [0.25, 0.3) is 11.4 Å². The smallest absolute Gasteiger partial charge is 0.240 e. The van der Waals surface area contributed by atoms with Crippen molar-refractivity contribution in [2.75, 3.05) is 0 Å². The van der Waals surface area contributed by atoms with Crippen LogP contribution in [0.3, 0.4) is 0 Å². The lowest BCUT2D eigenvalue weighted by molar-refractivity contribution is 0.377. The fraction of sp³-hybridized carbons (Fsp3) is 0.273. The van der Waals surface area contributed by atoms with Crippen molar-refractivity contribution in [3.05, 3.63) is 35.2 Å². The Kier molecular flexibility index (Phi) is 3.61. The van der Waals surface area contributed by atoms with Crippen LogP contribution in [0, 0.1) is 0 Å². The van der Waals surface area contributed by atoms with E-state index in [0.29, 0.717) is 16.7 Å². The summed E-state index contributed by atoms with van der Waals surface area (Å²) in [6, 6.07) is 7.34. The maximum absolute atomic E-state index is 5.81. The summed E-state index contributed by atoms with van der Waals surface area (Å²) in [4.78, 5) is 4.43. The standard InChI is InChI=1S/C11H10BrClN2O/c1-2-9(12)11-14-10(15-16-11)7-3-5-8(13)6-4-7/h3-6,9H,2H2,1H3. The molecule has 0 saturated carbocycles. The molecule has 0 aliphatic heterocycles. The van der Waals surface area contributed by atoms with Crippen LogP contribution in [0.2, 0.25) is 5.02 Å². The second-order valence-corrected chi connectivity index (χ2v) is 4.88. The van der Waals surface area contributed by atoms with Gasteiger partial charge in [0.2, 0.25) is 11.7 Å². The Hall–Kier alpha value is -0.870. The Morgan fingerprint density at radius 3 is 2.69 bits per heavy atom. The predicted molar refractivity (Wildman–Crippen MR) is 66.7 cm³/mol. The monoisotopic (exact) mass is 300 g/mol. The van der Waals surface area contributed by atoms with Gasteiger partial charge in [-0.25, -0.2) is 0 Å². The number of aromatic nitrogens is 2. The number of halogens is 2. The molecule has 0 amide bonds. The molecule has 2 rings (SSSR count). The number of alkyl halides is 1. The van der Waals surface area contributed by atoms with E-state index in [9.17, 15) is 0 Å². The molecule has 0 saturated heterocycles. The Morgan fingerprint density at radius 2 is 2.06 bits per heavy atom. The molecule has 84 valence electrons. The van der Waals surface area contributed by atoms with Crippen molar-refractivity contribution in [1.29, 1.82) is 0 Å². The van der Waals surface area contributed by atoms with E-state index in [1.807, 2.05) is 19.1 Å². The zero-order chi connectivity index (χ0) is 11.5. The lowest BCUT2D eigenvalue weighted by Crippen LogP contribution is -1.87. The molecule has 0 fully saturated rings. The van der Waals surface area contributed by atoms with Crippen LogP contribution in [0.5, 0.6) is 0 Å². The van der Waals surface area contributed by atoms with Gasteiger partial charge in [-0.05, 0) is 30.7 Å². The molecule has 0 spiro atoms. The average Bonchev–Trinajstić information content (AvgIpc) is 2.78. The van der Waals surface area contributed by atoms with Gasteiger partial charge in [0.1, 0.15) is 0 Å². The molecule has 1 unspecified atom stereocenters. The summed E-state index contributed by atoms with van der Waals surface area (Å²) < 4.78 is 5.16. The zero-order valence-corrected chi connectivity index (χ0v) is 11.0. The van der Waals surface area contributed by atoms with Gasteiger partial charge in [-0.2, -0.15) is 4.98 Å². The lowest BCUT2D eigenvalue weighted by atomic mass is 10.2. The van der Waals surface area contributed by atoms with Crippen LogP contribution >= 0.6 is 27.5 Å². The first-order chi connectivity index (χ1) is 7.70. The van der Waals surface area contributed by atoms with Crippen LogP contribution in [0.15, 0.2) is 28.8 Å². The zero-order valence-electron chi connectivity index (χ0n) is 8.65. The highest BCUT2D eigenvalue weighted by Crippen LogP contribution is 2.26. The molecule has 2 aromatic rings. The summed E-state index contributed by atoms with van der Waals surface area (Å²) in [6.07, 6.45) is 0.905. The molecule has 16 heavy (non-hydrogen) atoms. The maximum Gasteiger partial charge on any atom is 0.240 e. The molecule has 0 bridgehead atoms. The van der Waals surface area contributed by atoms with E-state index in [1.165, 1.54) is 0 Å². The van der Waals surface area contributed by atoms with Crippen molar-refractivity contribution >= 4 is 27.5 Å². The molecular formula is C11H10BrClN2O. The minimum Gasteiger partial charge on any atom is -0.338 e. The molecule has 5 heteroatoms. The van der Waals surface area contributed by atoms with Gasteiger partial charge in [0.15, 0.2) is 0 Å². The van der Waals surface area contributed by atoms with E-state index >= 15 is 0 Å². The summed E-state index contributed by atoms with van der Waals surface area (Å²) >= 11 is 9.27. The topological polar surface area (TPSA) is 38.9 Å². The minimum absolute atomic E-state index is 0.112. The third-order valence-corrected chi connectivity index (χ3v) is 3.46. The Morgan fingerprint density at radius 1 is 1.38 bits per heavy atom. The van der Waals surface area contributed by atoms with Gasteiger partial charge < -0.3 is 4.52 Å². The van der Waals surface area contributed by atoms with Gasteiger partial charge in [-0.3, -0.25) is 0 Å². The van der Waals surface area contributed by atoms with Crippen molar-refractivity contribution in [1.82, 2.24) is 10.1 Å². The number of benzene rings is 1. The van der Waals surface area contributed by atoms with E-state index in [2.05, 4.69) is 26.1 Å². The van der Waals surface area contributed by atoms with Crippen LogP contribution in [0.1, 0.15) is 24.1 Å². The molecule has 0 radical (unpaired) electrons. The van der Waals surface area contributed by atoms with Crippen LogP contribution in [0.4, 0.5) is 0 Å². The molecule has 3 nitrogen and oxygen atoms in total. The number of nitrogens with zero attached hydrogens (tertiary/aromatic N) is 2. The van der Waals surface area contributed by atoms with Crippen LogP contribution in [-0.2, 0) is 0 Å². The fourth-order valence-electron chi connectivity index (χ4n) is 1.25. The summed E-state index contributed by atoms with van der Waals surface area (Å²) in [5.74, 6) is 1.19. The first-order valence-corrected chi connectivity index (χ1v) is 6.23. The molecule has 1 heterocycles. The van der Waals surface area contributed by atoms with Crippen molar-refractivity contribution in [3.63, 3.8) is 0 Å². The largest absolute Gasteiger partial charge is 0.338 e. The molecule has 1 aromatic heterocycles. The highest BCUT2D eigenvalue weighted by atomic mass is 79.9. The normalized spacial score (nSPS) is 12.7. The first kappa shape index (κ1) is 11.6. The van der Waals surface area contributed by atoms with E-state index in [0.717, 1.165) is 12.0 Å². The van der Waals surface area contributed by atoms with Gasteiger partial charge in [0, 0.05) is 10.6 Å². The third kappa shape index (κ3) is 2.44. The first-order valence-electron chi connectivity index (χ1n) is 4.94. The van der Waals surface area contributed by atoms with Crippen molar-refractivity contribution in [2.45, 2.75) is 18.2 Å². The molecule has 0 aliphatic rings. The minimum atomic E-state index is 0.112. The summed E-state index contributed by atoms with van der Waals surface area (Å²) in [6.45, 7) is 2.05. The van der Waals surface area contributed by atoms with Crippen molar-refractivity contribution in [2.24, 2.45) is 0 Å². The average molecular weight is 302 g/mol. The van der Waals surface area contributed by atoms with Crippen molar-refractivity contribution < 1.29 is 4.52 Å². The van der Waals surface area contributed by atoms with Gasteiger partial charge in [-0.15, -0.1) is 0 Å². The van der Waals surface area contributed by atoms with E-state index in [4.69, 9.17) is 16.1 Å².